The number of hydrogen-bond donors (Lipinski definition) is 0. The van der Waals surface area contributed by atoms with E-state index in [1.54, 1.807) is 13.0 Å². The molecule has 0 aromatic heterocycles. The van der Waals surface area contributed by atoms with Gasteiger partial charge in [0.25, 0.3) is 0 Å². The minimum atomic E-state index is 0. The van der Waals surface area contributed by atoms with E-state index in [-0.39, 0.29) is 24.7 Å². The van der Waals surface area contributed by atoms with Crippen molar-refractivity contribution in [1.29, 1.82) is 0 Å². The zero-order chi connectivity index (χ0) is 6.69. The van der Waals surface area contributed by atoms with E-state index in [0.717, 1.165) is 13.1 Å². The average molecular weight is 133 g/mol. The monoisotopic (exact) mass is 133 g/mol. The van der Waals surface area contributed by atoms with E-state index in [1.807, 2.05) is 4.90 Å². The van der Waals surface area contributed by atoms with E-state index >= 15 is 0 Å². The molecule has 1 aliphatic rings. The summed E-state index contributed by atoms with van der Waals surface area (Å²) in [5.74, 6) is 0.188. The maximum atomic E-state index is 10.9. The standard InChI is InChI=1S/C7H13NO.Li/c1-2-7(9)8-5-3-4-6-8;/h2,9H,3-6H2,1H3;/q;+1/p-1/b7-2+;. The first kappa shape index (κ1) is 9.94. The van der Waals surface area contributed by atoms with E-state index in [1.165, 1.54) is 12.8 Å². The summed E-state index contributed by atoms with van der Waals surface area (Å²) in [6, 6.07) is 0. The Labute approximate surface area is 74.1 Å². The van der Waals surface area contributed by atoms with Crippen LogP contribution in [0.1, 0.15) is 19.8 Å². The molecular formula is C7H12LiNO. The molecule has 0 unspecified atom stereocenters. The van der Waals surface area contributed by atoms with Crippen LogP contribution in [0.3, 0.4) is 0 Å². The van der Waals surface area contributed by atoms with Crippen molar-refractivity contribution >= 4 is 0 Å². The van der Waals surface area contributed by atoms with E-state index in [9.17, 15) is 5.11 Å². The molecule has 0 saturated carbocycles. The summed E-state index contributed by atoms with van der Waals surface area (Å²) in [7, 11) is 0. The Balaban J connectivity index is 0.000000810. The Kier molecular flexibility index (Phi) is 4.68. The third-order valence-corrected chi connectivity index (χ3v) is 1.66. The third kappa shape index (κ3) is 2.28. The van der Waals surface area contributed by atoms with Gasteiger partial charge in [-0.2, -0.15) is 0 Å². The van der Waals surface area contributed by atoms with Crippen LogP contribution in [0.4, 0.5) is 0 Å². The van der Waals surface area contributed by atoms with E-state index in [2.05, 4.69) is 0 Å². The molecule has 0 bridgehead atoms. The Morgan fingerprint density at radius 2 is 1.90 bits per heavy atom. The summed E-state index contributed by atoms with van der Waals surface area (Å²) in [4.78, 5) is 1.89. The van der Waals surface area contributed by atoms with Crippen molar-refractivity contribution in [2.24, 2.45) is 0 Å². The molecule has 0 aliphatic carbocycles. The molecule has 0 radical (unpaired) electrons. The summed E-state index contributed by atoms with van der Waals surface area (Å²) in [6.07, 6.45) is 3.99. The fourth-order valence-electron chi connectivity index (χ4n) is 1.12. The van der Waals surface area contributed by atoms with Crippen LogP contribution in [0.25, 0.3) is 0 Å². The molecule has 1 heterocycles. The molecule has 1 fully saturated rings. The van der Waals surface area contributed by atoms with Gasteiger partial charge in [0.05, 0.1) is 0 Å². The molecule has 0 aromatic rings. The first-order valence-electron chi connectivity index (χ1n) is 3.43. The second-order valence-corrected chi connectivity index (χ2v) is 2.32. The van der Waals surface area contributed by atoms with Gasteiger partial charge >= 0.3 is 18.9 Å². The molecule has 10 heavy (non-hydrogen) atoms. The predicted molar refractivity (Wildman–Crippen MR) is 34.6 cm³/mol. The maximum absolute atomic E-state index is 10.9. The number of hydrogen-bond acceptors (Lipinski definition) is 2. The number of allylic oxidation sites excluding steroid dienone is 1. The van der Waals surface area contributed by atoms with Crippen LogP contribution >= 0.6 is 0 Å². The van der Waals surface area contributed by atoms with Gasteiger partial charge in [0.2, 0.25) is 0 Å². The van der Waals surface area contributed by atoms with Crippen LogP contribution in [-0.2, 0) is 0 Å². The molecule has 52 valence electrons. The Morgan fingerprint density at radius 1 is 1.40 bits per heavy atom. The first-order chi connectivity index (χ1) is 4.34. The smallest absolute Gasteiger partial charge is 0.861 e. The van der Waals surface area contributed by atoms with Crippen molar-refractivity contribution in [3.05, 3.63) is 12.0 Å². The number of likely N-dealkylation sites (tertiary alicyclic amines) is 1. The molecule has 0 spiro atoms. The van der Waals surface area contributed by atoms with E-state index in [4.69, 9.17) is 0 Å². The molecule has 1 saturated heterocycles. The first-order valence-corrected chi connectivity index (χ1v) is 3.43. The van der Waals surface area contributed by atoms with Gasteiger partial charge in [0.1, 0.15) is 0 Å². The van der Waals surface area contributed by atoms with Gasteiger partial charge in [-0.05, 0) is 25.6 Å². The van der Waals surface area contributed by atoms with Crippen molar-refractivity contribution in [2.75, 3.05) is 13.1 Å². The quantitative estimate of drug-likeness (QED) is 0.287. The second kappa shape index (κ2) is 4.71. The zero-order valence-electron chi connectivity index (χ0n) is 6.76. The molecule has 0 atom stereocenters. The van der Waals surface area contributed by atoms with Gasteiger partial charge < -0.3 is 10.0 Å². The van der Waals surface area contributed by atoms with Gasteiger partial charge in [-0.1, -0.05) is 6.08 Å². The van der Waals surface area contributed by atoms with Gasteiger partial charge in [0, 0.05) is 13.1 Å². The van der Waals surface area contributed by atoms with Crippen molar-refractivity contribution in [3.63, 3.8) is 0 Å². The van der Waals surface area contributed by atoms with Crippen molar-refractivity contribution in [1.82, 2.24) is 4.90 Å². The van der Waals surface area contributed by atoms with E-state index in [0.29, 0.717) is 0 Å². The molecule has 0 amide bonds. The fraction of sp³-hybridized carbons (Fsp3) is 0.714. The van der Waals surface area contributed by atoms with E-state index < -0.39 is 0 Å². The number of nitrogens with zero attached hydrogens (tertiary/aromatic N) is 1. The Bertz CT molecular complexity index is 119. The van der Waals surface area contributed by atoms with Crippen LogP contribution in [0.5, 0.6) is 0 Å². The van der Waals surface area contributed by atoms with Crippen LogP contribution in [0.2, 0.25) is 0 Å². The van der Waals surface area contributed by atoms with Gasteiger partial charge in [0.15, 0.2) is 0 Å². The van der Waals surface area contributed by atoms with Crippen LogP contribution in [0.15, 0.2) is 12.0 Å². The third-order valence-electron chi connectivity index (χ3n) is 1.66. The van der Waals surface area contributed by atoms with Gasteiger partial charge in [-0.25, -0.2) is 0 Å². The van der Waals surface area contributed by atoms with Crippen molar-refractivity contribution in [3.8, 4) is 0 Å². The maximum Gasteiger partial charge on any atom is 1.00 e. The van der Waals surface area contributed by atoms with Crippen molar-refractivity contribution in [2.45, 2.75) is 19.8 Å². The molecule has 2 nitrogen and oxygen atoms in total. The molecule has 0 N–H and O–H groups in total. The number of rotatable bonds is 1. The molecule has 3 heteroatoms. The van der Waals surface area contributed by atoms with Crippen molar-refractivity contribution < 1.29 is 24.0 Å². The van der Waals surface area contributed by atoms with Crippen LogP contribution < -0.4 is 24.0 Å². The average Bonchev–Trinajstić information content (AvgIpc) is 2.37. The summed E-state index contributed by atoms with van der Waals surface area (Å²) in [5.41, 5.74) is 0. The normalized spacial score (nSPS) is 18.9. The van der Waals surface area contributed by atoms with Gasteiger partial charge in [-0.15, -0.1) is 0 Å². The summed E-state index contributed by atoms with van der Waals surface area (Å²) in [5, 5.41) is 10.9. The van der Waals surface area contributed by atoms with Crippen LogP contribution in [-0.4, -0.2) is 18.0 Å². The zero-order valence-corrected chi connectivity index (χ0v) is 6.76. The minimum absolute atomic E-state index is 0. The topological polar surface area (TPSA) is 26.3 Å². The summed E-state index contributed by atoms with van der Waals surface area (Å²) in [6.45, 7) is 3.72. The molecule has 1 rings (SSSR count). The largest absolute Gasteiger partial charge is 1.00 e. The van der Waals surface area contributed by atoms with Crippen LogP contribution in [0, 0.1) is 0 Å². The summed E-state index contributed by atoms with van der Waals surface area (Å²) >= 11 is 0. The predicted octanol–water partition coefficient (Wildman–Crippen LogP) is -2.69. The summed E-state index contributed by atoms with van der Waals surface area (Å²) < 4.78 is 0. The molecule has 0 aromatic carbocycles. The Hall–Kier alpha value is -0.0626. The second-order valence-electron chi connectivity index (χ2n) is 2.32. The van der Waals surface area contributed by atoms with Gasteiger partial charge in [-0.3, -0.25) is 0 Å². The fourth-order valence-corrected chi connectivity index (χ4v) is 1.12. The SMILES string of the molecule is C/C=C(/[O-])N1CCCC1.[Li+]. The molecular weight excluding hydrogens is 121 g/mol. The molecule has 1 aliphatic heterocycles. The minimum Gasteiger partial charge on any atom is -0.861 e. The Morgan fingerprint density at radius 3 is 2.30 bits per heavy atom.